The highest BCUT2D eigenvalue weighted by atomic mass is 35.5. The molecule has 0 amide bonds. The molecule has 7 nitrogen and oxygen atoms in total. The van der Waals surface area contributed by atoms with E-state index in [1.807, 2.05) is 0 Å². The Morgan fingerprint density at radius 1 is 0.758 bits per heavy atom. The number of rotatable bonds is 13. The Hall–Kier alpha value is -2.67. The molecule has 0 aromatic heterocycles. The Labute approximate surface area is 200 Å². The topological polar surface area (TPSA) is 80.3 Å². The fourth-order valence-electron chi connectivity index (χ4n) is 3.26. The second-order valence-corrected chi connectivity index (χ2v) is 8.05. The van der Waals surface area contributed by atoms with Gasteiger partial charge >= 0.3 is 12.3 Å². The molecule has 8 heteroatoms. The van der Waals surface area contributed by atoms with Crippen molar-refractivity contribution in [3.05, 3.63) is 29.3 Å². The van der Waals surface area contributed by atoms with E-state index < -0.39 is 12.3 Å². The van der Waals surface area contributed by atoms with Crippen LogP contribution in [0.2, 0.25) is 5.02 Å². The van der Waals surface area contributed by atoms with E-state index in [-0.39, 0.29) is 30.5 Å². The molecule has 182 valence electrons. The van der Waals surface area contributed by atoms with Crippen molar-refractivity contribution in [2.75, 3.05) is 20.3 Å². The van der Waals surface area contributed by atoms with Crippen LogP contribution in [-0.2, 0) is 9.47 Å². The van der Waals surface area contributed by atoms with E-state index >= 15 is 0 Å². The maximum absolute atomic E-state index is 12.2. The molecule has 2 rings (SSSR count). The van der Waals surface area contributed by atoms with Gasteiger partial charge in [0.25, 0.3) is 0 Å². The van der Waals surface area contributed by atoms with Crippen molar-refractivity contribution in [1.82, 2.24) is 0 Å². The molecule has 0 unspecified atom stereocenters. The average Bonchev–Trinajstić information content (AvgIpc) is 2.80. The normalized spacial score (nSPS) is 10.7. The fraction of sp³-hybridized carbons (Fsp3) is 0.520. The van der Waals surface area contributed by atoms with E-state index in [4.69, 9.17) is 35.3 Å². The number of ether oxygens (including phenoxy) is 5. The second-order valence-electron chi connectivity index (χ2n) is 7.62. The van der Waals surface area contributed by atoms with Gasteiger partial charge in [0.05, 0.1) is 20.3 Å². The van der Waals surface area contributed by atoms with Gasteiger partial charge in [-0.3, -0.25) is 0 Å². The van der Waals surface area contributed by atoms with Crippen LogP contribution in [0.5, 0.6) is 17.2 Å². The summed E-state index contributed by atoms with van der Waals surface area (Å²) < 4.78 is 26.6. The zero-order chi connectivity index (χ0) is 24.1. The summed E-state index contributed by atoms with van der Waals surface area (Å²) in [6, 6.07) is 6.37. The molecule has 0 radical (unpaired) electrons. The minimum Gasteiger partial charge on any atom is -0.493 e. The summed E-state index contributed by atoms with van der Waals surface area (Å²) in [6.45, 7) is 4.77. The molecule has 0 atom stereocenters. The Kier molecular flexibility index (Phi) is 11.7. The van der Waals surface area contributed by atoms with Crippen LogP contribution >= 0.6 is 11.6 Å². The molecule has 2 aromatic carbocycles. The third-order valence-electron chi connectivity index (χ3n) is 5.01. The van der Waals surface area contributed by atoms with E-state index in [0.717, 1.165) is 51.4 Å². The second kappa shape index (κ2) is 14.5. The monoisotopic (exact) mass is 480 g/mol. The summed E-state index contributed by atoms with van der Waals surface area (Å²) in [4.78, 5) is 24.5. The quantitative estimate of drug-likeness (QED) is 0.165. The molecular weight excluding hydrogens is 448 g/mol. The Bertz CT molecular complexity index is 913. The lowest BCUT2D eigenvalue weighted by atomic mass is 10.1. The number of halogens is 1. The van der Waals surface area contributed by atoms with Gasteiger partial charge in [0.2, 0.25) is 0 Å². The number of benzene rings is 2. The lowest BCUT2D eigenvalue weighted by molar-refractivity contribution is 0.0949. The Morgan fingerprint density at radius 3 is 1.94 bits per heavy atom. The Morgan fingerprint density at radius 2 is 1.36 bits per heavy atom. The molecule has 2 aromatic rings. The van der Waals surface area contributed by atoms with Gasteiger partial charge in [-0.15, -0.1) is 0 Å². The van der Waals surface area contributed by atoms with Crippen LogP contribution < -0.4 is 14.2 Å². The SMILES string of the molecule is CCCCCCOC(=O)Oc1cc(OC)c(OC(=O)OCCCCCC)c2ccc(Cl)cc12. The van der Waals surface area contributed by atoms with Crippen molar-refractivity contribution in [1.29, 1.82) is 0 Å². The molecule has 0 saturated carbocycles. The van der Waals surface area contributed by atoms with Crippen LogP contribution in [0.3, 0.4) is 0 Å². The number of unbranched alkanes of at least 4 members (excludes halogenated alkanes) is 6. The minimum absolute atomic E-state index is 0.156. The van der Waals surface area contributed by atoms with Crippen LogP contribution in [0.15, 0.2) is 24.3 Å². The zero-order valence-electron chi connectivity index (χ0n) is 19.6. The first-order chi connectivity index (χ1) is 16.0. The molecule has 0 N–H and O–H groups in total. The maximum Gasteiger partial charge on any atom is 0.513 e. The van der Waals surface area contributed by atoms with Crippen molar-refractivity contribution in [2.45, 2.75) is 65.2 Å². The summed E-state index contributed by atoms with van der Waals surface area (Å²) in [7, 11) is 1.43. The lowest BCUT2D eigenvalue weighted by Crippen LogP contribution is -2.14. The molecule has 0 bridgehead atoms. The molecule has 0 fully saturated rings. The molecule has 0 spiro atoms. The summed E-state index contributed by atoms with van der Waals surface area (Å²) in [5, 5.41) is 1.37. The van der Waals surface area contributed by atoms with Crippen LogP contribution in [0.25, 0.3) is 10.8 Å². The number of fused-ring (bicyclic) bond motifs is 1. The van der Waals surface area contributed by atoms with Crippen molar-refractivity contribution in [3.8, 4) is 17.2 Å². The first kappa shape index (κ1) is 26.6. The van der Waals surface area contributed by atoms with E-state index in [2.05, 4.69) is 13.8 Å². The smallest absolute Gasteiger partial charge is 0.493 e. The van der Waals surface area contributed by atoms with Crippen molar-refractivity contribution in [3.63, 3.8) is 0 Å². The summed E-state index contributed by atoms with van der Waals surface area (Å²) >= 11 is 6.17. The molecule has 0 aliphatic heterocycles. The van der Waals surface area contributed by atoms with Crippen LogP contribution in [0.1, 0.15) is 65.2 Å². The first-order valence-corrected chi connectivity index (χ1v) is 11.9. The summed E-state index contributed by atoms with van der Waals surface area (Å²) in [6.07, 6.45) is 6.20. The van der Waals surface area contributed by atoms with Gasteiger partial charge in [0.15, 0.2) is 11.5 Å². The van der Waals surface area contributed by atoms with Crippen LogP contribution in [-0.4, -0.2) is 32.6 Å². The van der Waals surface area contributed by atoms with Gasteiger partial charge in [0, 0.05) is 21.9 Å². The Balaban J connectivity index is 2.17. The number of hydrogen-bond donors (Lipinski definition) is 0. The predicted octanol–water partition coefficient (Wildman–Crippen LogP) is 7.69. The maximum atomic E-state index is 12.2. The highest BCUT2D eigenvalue weighted by Crippen LogP contribution is 2.42. The van der Waals surface area contributed by atoms with Crippen LogP contribution in [0.4, 0.5) is 9.59 Å². The largest absolute Gasteiger partial charge is 0.513 e. The fourth-order valence-corrected chi connectivity index (χ4v) is 3.43. The first-order valence-electron chi connectivity index (χ1n) is 11.5. The minimum atomic E-state index is -0.832. The molecule has 0 heterocycles. The van der Waals surface area contributed by atoms with E-state index in [1.165, 1.54) is 13.2 Å². The highest BCUT2D eigenvalue weighted by molar-refractivity contribution is 6.31. The lowest BCUT2D eigenvalue weighted by Gasteiger charge is -2.15. The number of methoxy groups -OCH3 is 1. The van der Waals surface area contributed by atoms with Crippen molar-refractivity contribution < 1.29 is 33.3 Å². The van der Waals surface area contributed by atoms with Crippen molar-refractivity contribution >= 4 is 34.7 Å². The summed E-state index contributed by atoms with van der Waals surface area (Å²) in [5.41, 5.74) is 0. The van der Waals surface area contributed by atoms with Gasteiger partial charge in [0.1, 0.15) is 5.75 Å². The van der Waals surface area contributed by atoms with Gasteiger partial charge < -0.3 is 23.7 Å². The third kappa shape index (κ3) is 8.65. The van der Waals surface area contributed by atoms with Gasteiger partial charge in [-0.2, -0.15) is 0 Å². The van der Waals surface area contributed by atoms with E-state index in [0.29, 0.717) is 15.8 Å². The molecular formula is C25H33ClO7. The standard InChI is InChI=1S/C25H33ClO7/c1-4-6-8-10-14-30-24(27)32-21-17-22(29-3)23(19-13-12-18(26)16-20(19)21)33-25(28)31-15-11-9-7-5-2/h12-13,16-17H,4-11,14-15H2,1-3H3. The summed E-state index contributed by atoms with van der Waals surface area (Å²) in [5.74, 6) is 0.546. The van der Waals surface area contributed by atoms with E-state index in [1.54, 1.807) is 18.2 Å². The average molecular weight is 481 g/mol. The van der Waals surface area contributed by atoms with Crippen LogP contribution in [0, 0.1) is 0 Å². The molecule has 0 saturated heterocycles. The predicted molar refractivity (Wildman–Crippen MR) is 128 cm³/mol. The van der Waals surface area contributed by atoms with Gasteiger partial charge in [-0.05, 0) is 31.0 Å². The van der Waals surface area contributed by atoms with E-state index in [9.17, 15) is 9.59 Å². The molecule has 0 aliphatic carbocycles. The number of carbonyl (C=O) groups is 2. The van der Waals surface area contributed by atoms with Gasteiger partial charge in [-0.25, -0.2) is 9.59 Å². The van der Waals surface area contributed by atoms with Gasteiger partial charge in [-0.1, -0.05) is 64.0 Å². The zero-order valence-corrected chi connectivity index (χ0v) is 20.4. The molecule has 33 heavy (non-hydrogen) atoms. The number of hydrogen-bond acceptors (Lipinski definition) is 7. The molecule has 0 aliphatic rings. The number of carbonyl (C=O) groups excluding carboxylic acids is 2. The van der Waals surface area contributed by atoms with Crippen molar-refractivity contribution in [2.24, 2.45) is 0 Å². The highest BCUT2D eigenvalue weighted by Gasteiger charge is 2.21. The third-order valence-corrected chi connectivity index (χ3v) is 5.25.